The predicted octanol–water partition coefficient (Wildman–Crippen LogP) is 5.54. The third kappa shape index (κ3) is 15.2. The second kappa shape index (κ2) is 16.1. The first-order valence-electron chi connectivity index (χ1n) is 5.07. The van der Waals surface area contributed by atoms with Crippen molar-refractivity contribution >= 4 is 45.2 Å². The summed E-state index contributed by atoms with van der Waals surface area (Å²) in [5.41, 5.74) is 0. The lowest BCUT2D eigenvalue weighted by Gasteiger charge is -1.80. The molecule has 0 atom stereocenters. The van der Waals surface area contributed by atoms with Crippen molar-refractivity contribution in [2.24, 2.45) is 0 Å². The maximum absolute atomic E-state index is 2.39. The molecule has 2 heteroatoms. The summed E-state index contributed by atoms with van der Waals surface area (Å²) < 4.78 is 2.61. The van der Waals surface area contributed by atoms with E-state index in [1.165, 1.54) is 20.8 Å². The number of benzene rings is 1. The van der Waals surface area contributed by atoms with Crippen LogP contribution in [0, 0.1) is 3.57 Å². The van der Waals surface area contributed by atoms with Crippen molar-refractivity contribution in [3.05, 3.63) is 33.9 Å². The summed E-state index contributed by atoms with van der Waals surface area (Å²) in [5, 5.41) is 0. The van der Waals surface area contributed by atoms with Crippen molar-refractivity contribution < 1.29 is 0 Å². The first-order chi connectivity index (χ1) is 6.81. The first kappa shape index (κ1) is 17.1. The first-order valence-corrected chi connectivity index (χ1v) is 7.68. The molecule has 1 aromatic rings. The van der Waals surface area contributed by atoms with E-state index in [1.807, 2.05) is 32.0 Å². The van der Waals surface area contributed by atoms with Crippen molar-refractivity contribution in [3.8, 4) is 0 Å². The van der Waals surface area contributed by atoms with Crippen molar-refractivity contribution in [2.75, 3.05) is 4.43 Å². The van der Waals surface area contributed by atoms with E-state index >= 15 is 0 Å². The Hall–Kier alpha value is 0.680. The highest BCUT2D eigenvalue weighted by atomic mass is 127. The maximum Gasteiger partial charge on any atom is 0.0130 e. The van der Waals surface area contributed by atoms with E-state index in [9.17, 15) is 0 Å². The van der Waals surface area contributed by atoms with Crippen LogP contribution in [0.2, 0.25) is 0 Å². The molecular formula is C12H20I2. The minimum atomic E-state index is 1.29. The van der Waals surface area contributed by atoms with Crippen LogP contribution in [-0.4, -0.2) is 4.43 Å². The van der Waals surface area contributed by atoms with Gasteiger partial charge in [0.1, 0.15) is 0 Å². The van der Waals surface area contributed by atoms with Crippen molar-refractivity contribution in [2.45, 2.75) is 33.6 Å². The summed E-state index contributed by atoms with van der Waals surface area (Å²) in [7, 11) is 0. The van der Waals surface area contributed by atoms with Crippen LogP contribution >= 0.6 is 45.2 Å². The topological polar surface area (TPSA) is 0 Å². The van der Waals surface area contributed by atoms with Gasteiger partial charge in [0.2, 0.25) is 0 Å². The Kier molecular flexibility index (Phi) is 19.7. The zero-order valence-electron chi connectivity index (χ0n) is 9.26. The van der Waals surface area contributed by atoms with Gasteiger partial charge in [0.25, 0.3) is 0 Å². The normalized spacial score (nSPS) is 7.79. The van der Waals surface area contributed by atoms with E-state index in [0.717, 1.165) is 0 Å². The van der Waals surface area contributed by atoms with E-state index < -0.39 is 0 Å². The number of hydrogen-bond acceptors (Lipinski definition) is 0. The van der Waals surface area contributed by atoms with Crippen LogP contribution < -0.4 is 0 Å². The molecule has 0 spiro atoms. The molecule has 0 aromatic heterocycles. The molecule has 1 rings (SSSR count). The van der Waals surface area contributed by atoms with Gasteiger partial charge in [-0.05, 0) is 45.6 Å². The van der Waals surface area contributed by atoms with Gasteiger partial charge in [0.15, 0.2) is 0 Å². The minimum absolute atomic E-state index is 1.29. The summed E-state index contributed by atoms with van der Waals surface area (Å²) in [6, 6.07) is 10.2. The predicted molar refractivity (Wildman–Crippen MR) is 84.3 cm³/mol. The molecular weight excluding hydrogens is 398 g/mol. The number of alkyl halides is 1. The lowest BCUT2D eigenvalue weighted by Crippen LogP contribution is -1.64. The third-order valence-corrected chi connectivity index (χ3v) is 2.70. The number of halogens is 2. The number of hydrogen-bond donors (Lipinski definition) is 0. The van der Waals surface area contributed by atoms with Gasteiger partial charge in [0.05, 0.1) is 0 Å². The van der Waals surface area contributed by atoms with E-state index in [0.29, 0.717) is 0 Å². The Balaban J connectivity index is 0. The quantitative estimate of drug-likeness (QED) is 0.437. The molecule has 82 valence electrons. The second-order valence-electron chi connectivity index (χ2n) is 2.34. The SMILES string of the molecule is CC.CCCCI.Ic1ccccc1. The molecule has 0 aliphatic carbocycles. The van der Waals surface area contributed by atoms with E-state index in [2.05, 4.69) is 64.2 Å². The van der Waals surface area contributed by atoms with E-state index in [4.69, 9.17) is 0 Å². The highest BCUT2D eigenvalue weighted by Gasteiger charge is 1.74. The highest BCUT2D eigenvalue weighted by Crippen LogP contribution is 1.99. The molecule has 0 unspecified atom stereocenters. The maximum atomic E-state index is 2.39. The fraction of sp³-hybridized carbons (Fsp3) is 0.500. The van der Waals surface area contributed by atoms with Gasteiger partial charge in [-0.25, -0.2) is 0 Å². The molecule has 0 bridgehead atoms. The van der Waals surface area contributed by atoms with Crippen LogP contribution in [0.25, 0.3) is 0 Å². The van der Waals surface area contributed by atoms with Gasteiger partial charge in [0, 0.05) is 3.57 Å². The summed E-state index contributed by atoms with van der Waals surface area (Å²) in [5.74, 6) is 0. The molecule has 0 aliphatic heterocycles. The van der Waals surface area contributed by atoms with E-state index in [1.54, 1.807) is 0 Å². The molecule has 1 aromatic carbocycles. The molecule has 0 aliphatic rings. The van der Waals surface area contributed by atoms with Crippen molar-refractivity contribution in [1.29, 1.82) is 0 Å². The molecule has 14 heavy (non-hydrogen) atoms. The fourth-order valence-corrected chi connectivity index (χ4v) is 1.73. The van der Waals surface area contributed by atoms with Gasteiger partial charge < -0.3 is 0 Å². The summed E-state index contributed by atoms with van der Waals surface area (Å²) in [6.07, 6.45) is 2.71. The molecule has 0 saturated carbocycles. The molecule has 0 amide bonds. The van der Waals surface area contributed by atoms with Crippen LogP contribution in [0.3, 0.4) is 0 Å². The Bertz CT molecular complexity index is 171. The standard InChI is InChI=1S/C6H5I.C4H9I.C2H6/c7-6-4-2-1-3-5-6;1-2-3-4-5;1-2/h1-5H;2-4H2,1H3;1-2H3. The van der Waals surface area contributed by atoms with Crippen LogP contribution in [0.4, 0.5) is 0 Å². The lowest BCUT2D eigenvalue weighted by atomic mass is 10.4. The largest absolute Gasteiger partial charge is 0.0864 e. The fourth-order valence-electron chi connectivity index (χ4n) is 0.548. The van der Waals surface area contributed by atoms with Crippen molar-refractivity contribution in [3.63, 3.8) is 0 Å². The zero-order valence-corrected chi connectivity index (χ0v) is 13.6. The van der Waals surface area contributed by atoms with Gasteiger partial charge in [-0.15, -0.1) is 0 Å². The monoisotopic (exact) mass is 418 g/mol. The highest BCUT2D eigenvalue weighted by molar-refractivity contribution is 14.1. The molecule has 0 N–H and O–H groups in total. The average molecular weight is 418 g/mol. The molecule has 0 saturated heterocycles. The van der Waals surface area contributed by atoms with E-state index in [-0.39, 0.29) is 0 Å². The second-order valence-corrected chi connectivity index (χ2v) is 4.66. The van der Waals surface area contributed by atoms with Crippen LogP contribution in [-0.2, 0) is 0 Å². The van der Waals surface area contributed by atoms with Crippen LogP contribution in [0.1, 0.15) is 33.6 Å². The molecule has 0 nitrogen and oxygen atoms in total. The lowest BCUT2D eigenvalue weighted by molar-refractivity contribution is 0.907. The van der Waals surface area contributed by atoms with Gasteiger partial charge >= 0.3 is 0 Å². The number of unbranched alkanes of at least 4 members (excludes halogenated alkanes) is 1. The summed E-state index contributed by atoms with van der Waals surface area (Å²) in [4.78, 5) is 0. The minimum Gasteiger partial charge on any atom is -0.0864 e. The van der Waals surface area contributed by atoms with Crippen LogP contribution in [0.5, 0.6) is 0 Å². The Morgan fingerprint density at radius 1 is 1.07 bits per heavy atom. The zero-order chi connectivity index (χ0) is 11.2. The van der Waals surface area contributed by atoms with Gasteiger partial charge in [-0.1, -0.05) is 68.0 Å². The third-order valence-electron chi connectivity index (χ3n) is 1.22. The van der Waals surface area contributed by atoms with Gasteiger partial charge in [-0.3, -0.25) is 0 Å². The summed E-state index contributed by atoms with van der Waals surface area (Å²) in [6.45, 7) is 6.21. The Morgan fingerprint density at radius 2 is 1.57 bits per heavy atom. The van der Waals surface area contributed by atoms with Crippen molar-refractivity contribution in [1.82, 2.24) is 0 Å². The Labute approximate surface area is 116 Å². The average Bonchev–Trinajstić information content (AvgIpc) is 2.24. The summed E-state index contributed by atoms with van der Waals surface area (Å²) >= 11 is 4.67. The van der Waals surface area contributed by atoms with Crippen LogP contribution in [0.15, 0.2) is 30.3 Å². The van der Waals surface area contributed by atoms with Gasteiger partial charge in [-0.2, -0.15) is 0 Å². The Morgan fingerprint density at radius 3 is 1.71 bits per heavy atom. The molecule has 0 radical (unpaired) electrons. The molecule has 0 heterocycles. The smallest absolute Gasteiger partial charge is 0.0130 e. The number of rotatable bonds is 2. The molecule has 0 fully saturated rings.